The number of nitrogens with one attached hydrogen (secondary N) is 2. The maximum absolute atomic E-state index is 11.7. The van der Waals surface area contributed by atoms with Crippen molar-refractivity contribution >= 4 is 11.9 Å². The van der Waals surface area contributed by atoms with E-state index in [-0.39, 0.29) is 5.91 Å². The van der Waals surface area contributed by atoms with E-state index >= 15 is 0 Å². The molecular weight excluding hydrogens is 360 g/mol. The zero-order valence-corrected chi connectivity index (χ0v) is 17.7. The molecule has 2 aromatic rings. The van der Waals surface area contributed by atoms with E-state index in [9.17, 15) is 4.79 Å². The third-order valence-electron chi connectivity index (χ3n) is 5.89. The zero-order valence-electron chi connectivity index (χ0n) is 17.7. The lowest BCUT2D eigenvalue weighted by molar-refractivity contribution is 0.0963. The van der Waals surface area contributed by atoms with Gasteiger partial charge in [-0.2, -0.15) is 0 Å². The quantitative estimate of drug-likeness (QED) is 0.603. The Balaban J connectivity index is 1.60. The maximum Gasteiger partial charge on any atom is 0.251 e. The van der Waals surface area contributed by atoms with Crippen molar-refractivity contribution in [3.8, 4) is 0 Å². The second kappa shape index (κ2) is 10.1. The second-order valence-corrected chi connectivity index (χ2v) is 7.60. The third-order valence-corrected chi connectivity index (χ3v) is 5.89. The van der Waals surface area contributed by atoms with Crippen molar-refractivity contribution < 1.29 is 4.79 Å². The molecule has 1 aliphatic heterocycles. The van der Waals surface area contributed by atoms with E-state index in [0.717, 1.165) is 37.5 Å². The van der Waals surface area contributed by atoms with E-state index in [0.29, 0.717) is 23.9 Å². The molecule has 3 rings (SSSR count). The molecule has 1 amide bonds. The molecule has 0 radical (unpaired) electrons. The van der Waals surface area contributed by atoms with Crippen molar-refractivity contribution in [3.63, 3.8) is 0 Å². The van der Waals surface area contributed by atoms with Gasteiger partial charge in [-0.3, -0.25) is 9.79 Å². The average Bonchev–Trinajstić information content (AvgIpc) is 2.79. The number of nitrogens with zero attached hydrogens (tertiary/aromatic N) is 2. The van der Waals surface area contributed by atoms with Crippen LogP contribution in [0, 0.1) is 5.92 Å². The molecule has 2 unspecified atom stereocenters. The maximum atomic E-state index is 11.7. The fourth-order valence-corrected chi connectivity index (χ4v) is 4.21. The summed E-state index contributed by atoms with van der Waals surface area (Å²) >= 11 is 0. The molecule has 29 heavy (non-hydrogen) atoms. The molecule has 2 N–H and O–H groups in total. The summed E-state index contributed by atoms with van der Waals surface area (Å²) in [7, 11) is 3.49. The first-order chi connectivity index (χ1) is 14.2. The molecule has 154 valence electrons. The monoisotopic (exact) mass is 392 g/mol. The van der Waals surface area contributed by atoms with Crippen molar-refractivity contribution in [2.75, 3.05) is 27.2 Å². The predicted octanol–water partition coefficient (Wildman–Crippen LogP) is 3.64. The molecule has 1 aliphatic rings. The lowest BCUT2D eigenvalue weighted by Gasteiger charge is -2.40. The molecule has 1 fully saturated rings. The Morgan fingerprint density at radius 3 is 2.48 bits per heavy atom. The Hall–Kier alpha value is -2.82. The summed E-state index contributed by atoms with van der Waals surface area (Å²) in [6.45, 7) is 5.00. The summed E-state index contributed by atoms with van der Waals surface area (Å²) in [4.78, 5) is 18.6. The average molecular weight is 393 g/mol. The van der Waals surface area contributed by atoms with Crippen LogP contribution in [0.2, 0.25) is 0 Å². The number of piperidine rings is 1. The Labute approximate surface area is 174 Å². The van der Waals surface area contributed by atoms with Crippen molar-refractivity contribution in [2.45, 2.75) is 32.2 Å². The van der Waals surface area contributed by atoms with Gasteiger partial charge >= 0.3 is 0 Å². The summed E-state index contributed by atoms with van der Waals surface area (Å²) in [6, 6.07) is 18.6. The fraction of sp³-hybridized carbons (Fsp3) is 0.417. The number of aliphatic imine (C=N–C) groups is 1. The number of amides is 1. The van der Waals surface area contributed by atoms with Gasteiger partial charge < -0.3 is 15.5 Å². The van der Waals surface area contributed by atoms with Crippen molar-refractivity contribution in [1.82, 2.24) is 15.5 Å². The number of carbonyl (C=O) groups is 1. The van der Waals surface area contributed by atoms with Crippen LogP contribution in [-0.4, -0.2) is 44.0 Å². The van der Waals surface area contributed by atoms with Crippen molar-refractivity contribution in [3.05, 3.63) is 71.3 Å². The SMILES string of the molecule is CCC1CN(C(=NC)NCc2ccc(C(=O)NC)cc2)CCC1c1ccccc1. The minimum Gasteiger partial charge on any atom is -0.355 e. The second-order valence-electron chi connectivity index (χ2n) is 7.60. The highest BCUT2D eigenvalue weighted by Gasteiger charge is 2.30. The molecule has 5 heteroatoms. The number of likely N-dealkylation sites (tertiary alicyclic amines) is 1. The Bertz CT molecular complexity index is 817. The topological polar surface area (TPSA) is 56.7 Å². The smallest absolute Gasteiger partial charge is 0.251 e. The van der Waals surface area contributed by atoms with Crippen LogP contribution in [0.4, 0.5) is 0 Å². The van der Waals surface area contributed by atoms with Gasteiger partial charge in [0.05, 0.1) is 0 Å². The predicted molar refractivity (Wildman–Crippen MR) is 119 cm³/mol. The van der Waals surface area contributed by atoms with Crippen molar-refractivity contribution in [2.24, 2.45) is 10.9 Å². The van der Waals surface area contributed by atoms with E-state index in [1.165, 1.54) is 5.56 Å². The van der Waals surface area contributed by atoms with Gasteiger partial charge in [0.25, 0.3) is 5.91 Å². The van der Waals surface area contributed by atoms with Crippen LogP contribution >= 0.6 is 0 Å². The van der Waals surface area contributed by atoms with Crippen LogP contribution in [0.3, 0.4) is 0 Å². The van der Waals surface area contributed by atoms with E-state index < -0.39 is 0 Å². The van der Waals surface area contributed by atoms with Gasteiger partial charge in [0, 0.05) is 39.3 Å². The van der Waals surface area contributed by atoms with Gasteiger partial charge in [-0.15, -0.1) is 0 Å². The highest BCUT2D eigenvalue weighted by Crippen LogP contribution is 2.34. The minimum atomic E-state index is -0.0628. The van der Waals surface area contributed by atoms with Gasteiger partial charge in [0.15, 0.2) is 5.96 Å². The fourth-order valence-electron chi connectivity index (χ4n) is 4.21. The summed E-state index contributed by atoms with van der Waals surface area (Å²) in [5.41, 5.74) is 3.26. The first-order valence-electron chi connectivity index (χ1n) is 10.5. The molecule has 0 aliphatic carbocycles. The molecule has 0 bridgehead atoms. The first-order valence-corrected chi connectivity index (χ1v) is 10.5. The molecule has 2 aromatic carbocycles. The normalized spacial score (nSPS) is 19.7. The Kier molecular flexibility index (Phi) is 7.28. The Morgan fingerprint density at radius 1 is 1.14 bits per heavy atom. The van der Waals surface area contributed by atoms with E-state index in [1.54, 1.807) is 7.05 Å². The first kappa shape index (κ1) is 20.9. The van der Waals surface area contributed by atoms with Gasteiger partial charge in [-0.25, -0.2) is 0 Å². The minimum absolute atomic E-state index is 0.0628. The van der Waals surface area contributed by atoms with Crippen LogP contribution in [0.15, 0.2) is 59.6 Å². The number of guanidine groups is 1. The molecule has 5 nitrogen and oxygen atoms in total. The van der Waals surface area contributed by atoms with Crippen LogP contribution < -0.4 is 10.6 Å². The van der Waals surface area contributed by atoms with Crippen LogP contribution in [0.25, 0.3) is 0 Å². The summed E-state index contributed by atoms with van der Waals surface area (Å²) in [6.07, 6.45) is 2.30. The highest BCUT2D eigenvalue weighted by atomic mass is 16.1. The molecule has 1 heterocycles. The van der Waals surface area contributed by atoms with E-state index in [2.05, 4.69) is 57.8 Å². The summed E-state index contributed by atoms with van der Waals surface area (Å²) < 4.78 is 0. The van der Waals surface area contributed by atoms with Gasteiger partial charge in [-0.05, 0) is 41.5 Å². The van der Waals surface area contributed by atoms with Crippen LogP contribution in [0.5, 0.6) is 0 Å². The van der Waals surface area contributed by atoms with E-state index in [4.69, 9.17) is 0 Å². The molecule has 0 saturated carbocycles. The highest BCUT2D eigenvalue weighted by molar-refractivity contribution is 5.93. The van der Waals surface area contributed by atoms with Gasteiger partial charge in [0.1, 0.15) is 0 Å². The lowest BCUT2D eigenvalue weighted by Crippen LogP contribution is -2.48. The zero-order chi connectivity index (χ0) is 20.6. The molecule has 1 saturated heterocycles. The largest absolute Gasteiger partial charge is 0.355 e. The van der Waals surface area contributed by atoms with Crippen LogP contribution in [0.1, 0.15) is 47.2 Å². The molecular formula is C24H32N4O. The Morgan fingerprint density at radius 2 is 1.86 bits per heavy atom. The number of carbonyl (C=O) groups excluding carboxylic acids is 1. The van der Waals surface area contributed by atoms with Crippen molar-refractivity contribution in [1.29, 1.82) is 0 Å². The summed E-state index contributed by atoms with van der Waals surface area (Å²) in [5, 5.41) is 6.14. The number of benzene rings is 2. The molecule has 2 atom stereocenters. The van der Waals surface area contributed by atoms with Gasteiger partial charge in [-0.1, -0.05) is 55.8 Å². The molecule has 0 aromatic heterocycles. The van der Waals surface area contributed by atoms with Crippen LogP contribution in [-0.2, 0) is 6.54 Å². The molecule has 0 spiro atoms. The number of hydrogen-bond donors (Lipinski definition) is 2. The standard InChI is InChI=1S/C24H32N4O/c1-4-19-17-28(15-14-22(19)20-8-6-5-7-9-20)24(26-3)27-16-18-10-12-21(13-11-18)23(29)25-2/h5-13,19,22H,4,14-17H2,1-3H3,(H,25,29)(H,26,27). The van der Waals surface area contributed by atoms with E-state index in [1.807, 2.05) is 31.3 Å². The number of rotatable bonds is 5. The number of hydrogen-bond acceptors (Lipinski definition) is 2. The summed E-state index contributed by atoms with van der Waals surface area (Å²) in [5.74, 6) is 2.13. The third kappa shape index (κ3) is 5.17. The lowest BCUT2D eigenvalue weighted by atomic mass is 9.79. The van der Waals surface area contributed by atoms with Gasteiger partial charge in [0.2, 0.25) is 0 Å².